The first-order valence-electron chi connectivity index (χ1n) is 7.93. The highest BCUT2D eigenvalue weighted by atomic mass is 16.3. The summed E-state index contributed by atoms with van der Waals surface area (Å²) in [5, 5.41) is 9.22. The third-order valence-electron chi connectivity index (χ3n) is 4.62. The van der Waals surface area contributed by atoms with E-state index >= 15 is 0 Å². The van der Waals surface area contributed by atoms with E-state index < -0.39 is 5.41 Å². The predicted octanol–water partition coefficient (Wildman–Crippen LogP) is 2.90. The maximum Gasteiger partial charge on any atom is 0.291 e. The average molecular weight is 329 g/mol. The third kappa shape index (κ3) is 3.40. The van der Waals surface area contributed by atoms with Crippen LogP contribution in [0, 0.1) is 29.1 Å². The second-order valence-electron chi connectivity index (χ2n) is 7.46. The minimum Gasteiger partial charge on any atom is -0.438 e. The molecule has 1 aliphatic carbocycles. The number of aryl methyl sites for hydroxylation is 1. The lowest BCUT2D eigenvalue weighted by Gasteiger charge is -2.39. The number of nitrogens with zero attached hydrogens (tertiary/aromatic N) is 3. The van der Waals surface area contributed by atoms with E-state index in [2.05, 4.69) is 4.98 Å². The molecule has 6 nitrogen and oxygen atoms in total. The summed E-state index contributed by atoms with van der Waals surface area (Å²) in [6.07, 6.45) is 4.32. The predicted molar refractivity (Wildman–Crippen MR) is 88.0 cm³/mol. The molecule has 0 spiro atoms. The average Bonchev–Trinajstić information content (AvgIpc) is 2.93. The largest absolute Gasteiger partial charge is 0.438 e. The zero-order chi connectivity index (χ0) is 18.1. The van der Waals surface area contributed by atoms with Crippen LogP contribution in [0.1, 0.15) is 49.9 Å². The molecule has 0 saturated carbocycles. The van der Waals surface area contributed by atoms with E-state index in [9.17, 15) is 14.9 Å². The van der Waals surface area contributed by atoms with Gasteiger partial charge in [0.1, 0.15) is 6.07 Å². The molecule has 0 N–H and O–H groups in total. The lowest BCUT2D eigenvalue weighted by Crippen LogP contribution is -2.39. The van der Waals surface area contributed by atoms with Gasteiger partial charge in [-0.3, -0.25) is 9.59 Å². The molecule has 0 bridgehead atoms. The summed E-state index contributed by atoms with van der Waals surface area (Å²) in [5.74, 6) is -0.0801. The van der Waals surface area contributed by atoms with Crippen molar-refractivity contribution in [3.63, 3.8) is 0 Å². The number of amides is 1. The molecular formula is C18H23N3O3. The monoisotopic (exact) mass is 329 g/mol. The Morgan fingerprint density at radius 2 is 2.12 bits per heavy atom. The fourth-order valence-corrected chi connectivity index (χ4v) is 3.37. The minimum atomic E-state index is -0.571. The maximum atomic E-state index is 12.4. The van der Waals surface area contributed by atoms with Crippen LogP contribution in [0.4, 0.5) is 0 Å². The summed E-state index contributed by atoms with van der Waals surface area (Å²) < 4.78 is 5.14. The number of hydrogen-bond acceptors (Lipinski definition) is 5. The SMILES string of the molecule is Cc1ncoc1C(=O)N(C)CC[C@]1(C)C=C(C#N)C(=O)C(C)(C)C1. The fourth-order valence-electron chi connectivity index (χ4n) is 3.37. The molecule has 1 aromatic rings. The van der Waals surface area contributed by atoms with Crippen LogP contribution >= 0.6 is 0 Å². The quantitative estimate of drug-likeness (QED) is 0.847. The van der Waals surface area contributed by atoms with E-state index in [1.54, 1.807) is 24.9 Å². The molecule has 0 radical (unpaired) electrons. The molecule has 24 heavy (non-hydrogen) atoms. The van der Waals surface area contributed by atoms with Crippen molar-refractivity contribution in [2.75, 3.05) is 13.6 Å². The van der Waals surface area contributed by atoms with Crippen LogP contribution in [0.5, 0.6) is 0 Å². The van der Waals surface area contributed by atoms with Crippen LogP contribution in [0.3, 0.4) is 0 Å². The van der Waals surface area contributed by atoms with Crippen LogP contribution in [-0.2, 0) is 4.79 Å². The molecule has 1 aromatic heterocycles. The molecule has 0 unspecified atom stereocenters. The highest BCUT2D eigenvalue weighted by Gasteiger charge is 2.42. The Bertz CT molecular complexity index is 739. The molecule has 1 atom stereocenters. The molecule has 1 heterocycles. The highest BCUT2D eigenvalue weighted by molar-refractivity contribution is 6.03. The number of nitriles is 1. The van der Waals surface area contributed by atoms with Gasteiger partial charge in [-0.25, -0.2) is 4.98 Å². The second-order valence-corrected chi connectivity index (χ2v) is 7.46. The number of oxazole rings is 1. The van der Waals surface area contributed by atoms with Gasteiger partial charge in [-0.05, 0) is 25.2 Å². The van der Waals surface area contributed by atoms with Crippen molar-refractivity contribution in [2.24, 2.45) is 10.8 Å². The van der Waals surface area contributed by atoms with Crippen molar-refractivity contribution in [1.82, 2.24) is 9.88 Å². The van der Waals surface area contributed by atoms with Crippen molar-refractivity contribution in [3.05, 3.63) is 29.5 Å². The van der Waals surface area contributed by atoms with E-state index in [4.69, 9.17) is 4.42 Å². The Kier molecular flexibility index (Phi) is 4.66. The second kappa shape index (κ2) is 6.23. The molecule has 128 valence electrons. The topological polar surface area (TPSA) is 87.2 Å². The normalized spacial score (nSPS) is 22.7. The van der Waals surface area contributed by atoms with Gasteiger partial charge in [0, 0.05) is 19.0 Å². The van der Waals surface area contributed by atoms with E-state index in [1.807, 2.05) is 26.8 Å². The van der Waals surface area contributed by atoms with Crippen molar-refractivity contribution in [1.29, 1.82) is 5.26 Å². The first-order chi connectivity index (χ1) is 11.1. The molecular weight excluding hydrogens is 306 g/mol. The molecule has 6 heteroatoms. The Hall–Kier alpha value is -2.42. The Labute approximate surface area is 142 Å². The van der Waals surface area contributed by atoms with Crippen LogP contribution in [0.2, 0.25) is 0 Å². The summed E-state index contributed by atoms with van der Waals surface area (Å²) in [4.78, 5) is 30.1. The van der Waals surface area contributed by atoms with E-state index in [0.717, 1.165) is 0 Å². The molecule has 1 amide bonds. The number of allylic oxidation sites excluding steroid dienone is 2. The van der Waals surface area contributed by atoms with Gasteiger partial charge in [-0.2, -0.15) is 5.26 Å². The molecule has 0 fully saturated rings. The standard InChI is InChI=1S/C18H23N3O3/c1-12-14(24-11-20-12)16(23)21(5)7-6-18(4)8-13(9-19)15(22)17(2,3)10-18/h8,11H,6-7,10H2,1-5H3/t18-/m1/s1. The Morgan fingerprint density at radius 3 is 2.67 bits per heavy atom. The summed E-state index contributed by atoms with van der Waals surface area (Å²) >= 11 is 0. The zero-order valence-electron chi connectivity index (χ0n) is 14.8. The van der Waals surface area contributed by atoms with Gasteiger partial charge in [0.25, 0.3) is 5.91 Å². The van der Waals surface area contributed by atoms with Crippen molar-refractivity contribution in [2.45, 2.75) is 40.5 Å². The summed E-state index contributed by atoms with van der Waals surface area (Å²) in [6.45, 7) is 7.98. The smallest absolute Gasteiger partial charge is 0.291 e. The number of carbonyl (C=O) groups is 2. The number of aromatic nitrogens is 1. The van der Waals surface area contributed by atoms with Crippen LogP contribution < -0.4 is 0 Å². The van der Waals surface area contributed by atoms with E-state index in [1.165, 1.54) is 6.39 Å². The molecule has 2 rings (SSSR count). The number of hydrogen-bond donors (Lipinski definition) is 0. The third-order valence-corrected chi connectivity index (χ3v) is 4.62. The highest BCUT2D eigenvalue weighted by Crippen LogP contribution is 2.44. The van der Waals surface area contributed by atoms with Crippen LogP contribution in [-0.4, -0.2) is 35.2 Å². The first kappa shape index (κ1) is 17.9. The minimum absolute atomic E-state index is 0.107. The van der Waals surface area contributed by atoms with E-state index in [-0.39, 0.29) is 28.4 Å². The van der Waals surface area contributed by atoms with Crippen molar-refractivity contribution < 1.29 is 14.0 Å². The van der Waals surface area contributed by atoms with Gasteiger partial charge in [0.15, 0.2) is 12.2 Å². The Balaban J connectivity index is 2.12. The molecule has 0 aromatic carbocycles. The summed E-state index contributed by atoms with van der Waals surface area (Å²) in [7, 11) is 1.71. The van der Waals surface area contributed by atoms with Gasteiger partial charge in [-0.15, -0.1) is 0 Å². The van der Waals surface area contributed by atoms with Crippen molar-refractivity contribution in [3.8, 4) is 6.07 Å². The fraction of sp³-hybridized carbons (Fsp3) is 0.556. The number of rotatable bonds is 4. The molecule has 1 aliphatic rings. The number of Topliss-reactive ketones (excluding diaryl/α,β-unsaturated/α-hetero) is 1. The van der Waals surface area contributed by atoms with E-state index in [0.29, 0.717) is 25.1 Å². The molecule has 0 saturated heterocycles. The maximum absolute atomic E-state index is 12.4. The van der Waals surface area contributed by atoms with Gasteiger partial charge >= 0.3 is 0 Å². The Morgan fingerprint density at radius 1 is 1.46 bits per heavy atom. The van der Waals surface area contributed by atoms with Gasteiger partial charge < -0.3 is 9.32 Å². The molecule has 0 aliphatic heterocycles. The number of carbonyl (C=O) groups excluding carboxylic acids is 2. The van der Waals surface area contributed by atoms with Crippen LogP contribution in [0.15, 0.2) is 22.5 Å². The van der Waals surface area contributed by atoms with Crippen LogP contribution in [0.25, 0.3) is 0 Å². The summed E-state index contributed by atoms with van der Waals surface area (Å²) in [5.41, 5.74) is -0.102. The van der Waals surface area contributed by atoms with Gasteiger partial charge in [0.2, 0.25) is 5.76 Å². The summed E-state index contributed by atoms with van der Waals surface area (Å²) in [6, 6.07) is 2.01. The number of ketones is 1. The lowest BCUT2D eigenvalue weighted by molar-refractivity contribution is -0.125. The van der Waals surface area contributed by atoms with Gasteiger partial charge in [-0.1, -0.05) is 26.8 Å². The first-order valence-corrected chi connectivity index (χ1v) is 7.93. The lowest BCUT2D eigenvalue weighted by atomic mass is 9.64. The zero-order valence-corrected chi connectivity index (χ0v) is 14.8. The van der Waals surface area contributed by atoms with Gasteiger partial charge in [0.05, 0.1) is 11.3 Å². The van der Waals surface area contributed by atoms with Crippen molar-refractivity contribution >= 4 is 11.7 Å².